The third-order valence-corrected chi connectivity index (χ3v) is 4.69. The van der Waals surface area contributed by atoms with Crippen molar-refractivity contribution in [2.45, 2.75) is 96.8 Å². The molecule has 0 bridgehead atoms. The Morgan fingerprint density at radius 1 is 0.640 bits per heavy atom. The first-order valence-corrected chi connectivity index (χ1v) is 10.4. The van der Waals surface area contributed by atoms with Gasteiger partial charge < -0.3 is 10.2 Å². The number of aryl methyl sites for hydroxylation is 1. The van der Waals surface area contributed by atoms with Crippen LogP contribution in [0.2, 0.25) is 0 Å². The predicted molar refractivity (Wildman–Crippen MR) is 108 cm³/mol. The summed E-state index contributed by atoms with van der Waals surface area (Å²) >= 11 is 0. The van der Waals surface area contributed by atoms with Crippen LogP contribution in [-0.4, -0.2) is 10.2 Å². The highest BCUT2D eigenvalue weighted by atomic mass is 16.3. The Bertz CT molecular complexity index is 445. The van der Waals surface area contributed by atoms with Crippen molar-refractivity contribution in [3.8, 4) is 11.5 Å². The number of allylic oxidation sites excluding steroid dienone is 2. The zero-order valence-corrected chi connectivity index (χ0v) is 16.2. The third-order valence-electron chi connectivity index (χ3n) is 4.69. The van der Waals surface area contributed by atoms with Gasteiger partial charge in [-0.05, 0) is 56.2 Å². The molecule has 1 aromatic carbocycles. The molecule has 0 spiro atoms. The number of phenols is 2. The molecule has 0 heterocycles. The standard InChI is InChI=1S/C23H38O2/c1-2-3-4-5-6-7-8-9-10-11-12-13-14-15-16-17-21-18-22(24)20-23(25)19-21/h9-10,18-20,24-25H,2-8,11-17H2,1H3/b10-9+. The van der Waals surface area contributed by atoms with Crippen molar-refractivity contribution < 1.29 is 10.2 Å². The highest BCUT2D eigenvalue weighted by molar-refractivity contribution is 5.36. The van der Waals surface area contributed by atoms with Gasteiger partial charge in [-0.2, -0.15) is 0 Å². The maximum Gasteiger partial charge on any atom is 0.119 e. The molecule has 2 heteroatoms. The Hall–Kier alpha value is -1.44. The highest BCUT2D eigenvalue weighted by Gasteiger charge is 1.99. The number of phenolic OH excluding ortho intramolecular Hbond substituents is 2. The van der Waals surface area contributed by atoms with E-state index in [1.165, 1.54) is 83.1 Å². The first-order chi connectivity index (χ1) is 12.2. The van der Waals surface area contributed by atoms with Crippen LogP contribution in [0.3, 0.4) is 0 Å². The lowest BCUT2D eigenvalue weighted by molar-refractivity contribution is 0.449. The van der Waals surface area contributed by atoms with Gasteiger partial charge in [-0.25, -0.2) is 0 Å². The average molecular weight is 347 g/mol. The normalized spacial score (nSPS) is 11.4. The molecule has 142 valence electrons. The van der Waals surface area contributed by atoms with Crippen LogP contribution in [0.5, 0.6) is 11.5 Å². The van der Waals surface area contributed by atoms with Crippen LogP contribution in [0, 0.1) is 0 Å². The second-order valence-electron chi connectivity index (χ2n) is 7.19. The molecule has 0 saturated heterocycles. The van der Waals surface area contributed by atoms with Crippen LogP contribution < -0.4 is 0 Å². The number of hydrogen-bond donors (Lipinski definition) is 2. The van der Waals surface area contributed by atoms with Crippen LogP contribution in [0.25, 0.3) is 0 Å². The van der Waals surface area contributed by atoms with Crippen LogP contribution in [0.1, 0.15) is 96.0 Å². The number of unbranched alkanes of at least 4 members (excludes halogenated alkanes) is 11. The topological polar surface area (TPSA) is 40.5 Å². The number of hydrogen-bond acceptors (Lipinski definition) is 2. The van der Waals surface area contributed by atoms with E-state index >= 15 is 0 Å². The summed E-state index contributed by atoms with van der Waals surface area (Å²) in [6.07, 6.45) is 22.6. The number of benzene rings is 1. The quantitative estimate of drug-likeness (QED) is 0.258. The van der Waals surface area contributed by atoms with Crippen LogP contribution in [0.15, 0.2) is 30.4 Å². The molecule has 0 fully saturated rings. The lowest BCUT2D eigenvalue weighted by atomic mass is 10.0. The summed E-state index contributed by atoms with van der Waals surface area (Å²) in [6.45, 7) is 2.27. The van der Waals surface area contributed by atoms with Gasteiger partial charge in [-0.1, -0.05) is 70.4 Å². The fraction of sp³-hybridized carbons (Fsp3) is 0.652. The van der Waals surface area contributed by atoms with Crippen molar-refractivity contribution in [1.29, 1.82) is 0 Å². The molecule has 1 aromatic rings. The van der Waals surface area contributed by atoms with E-state index in [9.17, 15) is 10.2 Å². The van der Waals surface area contributed by atoms with Gasteiger partial charge >= 0.3 is 0 Å². The van der Waals surface area contributed by atoms with Crippen molar-refractivity contribution in [3.05, 3.63) is 35.9 Å². The summed E-state index contributed by atoms with van der Waals surface area (Å²) in [4.78, 5) is 0. The summed E-state index contributed by atoms with van der Waals surface area (Å²) in [6, 6.07) is 4.87. The van der Waals surface area contributed by atoms with E-state index in [-0.39, 0.29) is 11.5 Å². The highest BCUT2D eigenvalue weighted by Crippen LogP contribution is 2.22. The maximum absolute atomic E-state index is 9.45. The Morgan fingerprint density at radius 3 is 1.68 bits per heavy atom. The molecule has 0 atom stereocenters. The van der Waals surface area contributed by atoms with Crippen LogP contribution >= 0.6 is 0 Å². The van der Waals surface area contributed by atoms with Crippen LogP contribution in [0.4, 0.5) is 0 Å². The molecule has 0 saturated carbocycles. The lowest BCUT2D eigenvalue weighted by Crippen LogP contribution is -1.86. The molecule has 2 N–H and O–H groups in total. The van der Waals surface area contributed by atoms with E-state index in [1.54, 1.807) is 12.1 Å². The predicted octanol–water partition coefficient (Wildman–Crippen LogP) is 7.29. The first kappa shape index (κ1) is 21.6. The van der Waals surface area contributed by atoms with Gasteiger partial charge in [0.1, 0.15) is 11.5 Å². The second-order valence-corrected chi connectivity index (χ2v) is 7.19. The van der Waals surface area contributed by atoms with E-state index in [1.807, 2.05) is 0 Å². The van der Waals surface area contributed by atoms with Crippen molar-refractivity contribution in [1.82, 2.24) is 0 Å². The summed E-state index contributed by atoms with van der Waals surface area (Å²) in [5.41, 5.74) is 1.02. The fourth-order valence-electron chi connectivity index (χ4n) is 3.20. The molecule has 1 rings (SSSR count). The smallest absolute Gasteiger partial charge is 0.119 e. The van der Waals surface area contributed by atoms with E-state index in [0.717, 1.165) is 18.4 Å². The van der Waals surface area contributed by atoms with Crippen molar-refractivity contribution in [3.63, 3.8) is 0 Å². The molecule has 0 unspecified atom stereocenters. The van der Waals surface area contributed by atoms with Gasteiger partial charge in [0.25, 0.3) is 0 Å². The lowest BCUT2D eigenvalue weighted by Gasteiger charge is -2.04. The zero-order chi connectivity index (χ0) is 18.2. The van der Waals surface area contributed by atoms with Gasteiger partial charge in [0, 0.05) is 6.07 Å². The molecule has 25 heavy (non-hydrogen) atoms. The second kappa shape index (κ2) is 14.9. The minimum absolute atomic E-state index is 0.155. The molecular weight excluding hydrogens is 308 g/mol. The van der Waals surface area contributed by atoms with Crippen molar-refractivity contribution in [2.75, 3.05) is 0 Å². The van der Waals surface area contributed by atoms with E-state index in [2.05, 4.69) is 19.1 Å². The molecule has 0 radical (unpaired) electrons. The largest absolute Gasteiger partial charge is 0.508 e. The minimum atomic E-state index is 0.155. The molecule has 2 nitrogen and oxygen atoms in total. The monoisotopic (exact) mass is 346 g/mol. The molecule has 0 aromatic heterocycles. The van der Waals surface area contributed by atoms with Crippen LogP contribution in [-0.2, 0) is 6.42 Å². The molecule has 0 amide bonds. The van der Waals surface area contributed by atoms with Gasteiger partial charge in [0.2, 0.25) is 0 Å². The third kappa shape index (κ3) is 12.6. The Kier molecular flexibility index (Phi) is 12.8. The summed E-state index contributed by atoms with van der Waals surface area (Å²) in [5, 5.41) is 18.9. The summed E-state index contributed by atoms with van der Waals surface area (Å²) in [5.74, 6) is 0.311. The molecule has 0 aliphatic carbocycles. The van der Waals surface area contributed by atoms with Gasteiger partial charge in [0.05, 0.1) is 0 Å². The SMILES string of the molecule is CCCCCCCC/C=C/CCCCCCCc1cc(O)cc(O)c1. The van der Waals surface area contributed by atoms with Gasteiger partial charge in [-0.15, -0.1) is 0 Å². The van der Waals surface area contributed by atoms with E-state index in [4.69, 9.17) is 0 Å². The molecule has 0 aliphatic rings. The number of aromatic hydroxyl groups is 2. The summed E-state index contributed by atoms with van der Waals surface area (Å²) in [7, 11) is 0. The van der Waals surface area contributed by atoms with Crippen molar-refractivity contribution in [2.24, 2.45) is 0 Å². The number of rotatable bonds is 15. The molecular formula is C23H38O2. The Morgan fingerprint density at radius 2 is 1.12 bits per heavy atom. The Balaban J connectivity index is 1.87. The summed E-state index contributed by atoms with van der Waals surface area (Å²) < 4.78 is 0. The van der Waals surface area contributed by atoms with Gasteiger partial charge in [0.15, 0.2) is 0 Å². The van der Waals surface area contributed by atoms with Crippen molar-refractivity contribution >= 4 is 0 Å². The average Bonchev–Trinajstić information content (AvgIpc) is 2.57. The zero-order valence-electron chi connectivity index (χ0n) is 16.2. The fourth-order valence-corrected chi connectivity index (χ4v) is 3.20. The Labute approximate surface area is 155 Å². The minimum Gasteiger partial charge on any atom is -0.508 e. The first-order valence-electron chi connectivity index (χ1n) is 10.4. The molecule has 0 aliphatic heterocycles. The van der Waals surface area contributed by atoms with Gasteiger partial charge in [-0.3, -0.25) is 0 Å². The maximum atomic E-state index is 9.45. The van der Waals surface area contributed by atoms with E-state index < -0.39 is 0 Å². The van der Waals surface area contributed by atoms with E-state index in [0.29, 0.717) is 0 Å².